The number of likely N-dealkylation sites (tertiary alicyclic amines) is 1. The molecule has 1 saturated heterocycles. The van der Waals surface area contributed by atoms with Crippen LogP contribution in [0.15, 0.2) is 42.2 Å². The molecule has 0 N–H and O–H groups in total. The number of amides is 1. The van der Waals surface area contributed by atoms with E-state index in [0.717, 1.165) is 35.8 Å². The number of aryl methyl sites for hydroxylation is 1. The smallest absolute Gasteiger partial charge is 0.257 e. The minimum absolute atomic E-state index is 0.0105. The molecule has 1 aromatic carbocycles. The summed E-state index contributed by atoms with van der Waals surface area (Å²) in [6.45, 7) is 2.35. The summed E-state index contributed by atoms with van der Waals surface area (Å²) in [6.07, 6.45) is 5.55. The van der Waals surface area contributed by atoms with Crippen molar-refractivity contribution in [1.29, 1.82) is 0 Å². The molecule has 0 spiro atoms. The van der Waals surface area contributed by atoms with E-state index < -0.39 is 0 Å². The third-order valence-electron chi connectivity index (χ3n) is 5.50. The molecule has 4 heterocycles. The fourth-order valence-electron chi connectivity index (χ4n) is 4.02. The third kappa shape index (κ3) is 2.98. The highest BCUT2D eigenvalue weighted by Crippen LogP contribution is 2.34. The van der Waals surface area contributed by atoms with Crippen molar-refractivity contribution < 1.29 is 9.53 Å². The number of likely N-dealkylation sites (N-methyl/N-ethyl adjacent to an activating group) is 1. The van der Waals surface area contributed by atoms with Gasteiger partial charge in [-0.05, 0) is 17.7 Å². The number of hydrogen-bond donors (Lipinski definition) is 0. The Morgan fingerprint density at radius 1 is 1.25 bits per heavy atom. The highest BCUT2D eigenvalue weighted by molar-refractivity contribution is 7.09. The second-order valence-corrected chi connectivity index (χ2v) is 8.35. The van der Waals surface area contributed by atoms with E-state index in [4.69, 9.17) is 4.74 Å². The first-order chi connectivity index (χ1) is 13.6. The molecule has 5 rings (SSSR count). The highest BCUT2D eigenvalue weighted by atomic mass is 32.1. The minimum Gasteiger partial charge on any atom is -0.486 e. The Morgan fingerprint density at radius 3 is 2.89 bits per heavy atom. The SMILES string of the molecule is CN1C(=O)c2ccc(-c3cnn(C)c3)cc2OC2CN(Cc3nccs3)CC21. The number of benzene rings is 1. The molecular formula is C20H21N5O2S. The number of aromatic nitrogens is 3. The topological polar surface area (TPSA) is 63.5 Å². The summed E-state index contributed by atoms with van der Waals surface area (Å²) in [4.78, 5) is 21.6. The van der Waals surface area contributed by atoms with E-state index in [1.807, 2.05) is 61.2 Å². The zero-order valence-electron chi connectivity index (χ0n) is 15.8. The van der Waals surface area contributed by atoms with E-state index in [0.29, 0.717) is 11.3 Å². The molecule has 7 nitrogen and oxygen atoms in total. The third-order valence-corrected chi connectivity index (χ3v) is 6.27. The van der Waals surface area contributed by atoms with E-state index >= 15 is 0 Å². The van der Waals surface area contributed by atoms with Crippen LogP contribution in [0.3, 0.4) is 0 Å². The first-order valence-electron chi connectivity index (χ1n) is 9.26. The van der Waals surface area contributed by atoms with Gasteiger partial charge < -0.3 is 9.64 Å². The van der Waals surface area contributed by atoms with Crippen molar-refractivity contribution in [2.24, 2.45) is 7.05 Å². The van der Waals surface area contributed by atoms with Crippen molar-refractivity contribution in [3.8, 4) is 16.9 Å². The first-order valence-corrected chi connectivity index (χ1v) is 10.1. The summed E-state index contributed by atoms with van der Waals surface area (Å²) in [5.74, 6) is 0.665. The molecule has 0 aliphatic carbocycles. The van der Waals surface area contributed by atoms with E-state index in [2.05, 4.69) is 15.0 Å². The Bertz CT molecular complexity index is 1020. The largest absolute Gasteiger partial charge is 0.486 e. The molecule has 144 valence electrons. The van der Waals surface area contributed by atoms with Crippen LogP contribution in [-0.2, 0) is 13.6 Å². The molecule has 28 heavy (non-hydrogen) atoms. The Hall–Kier alpha value is -2.71. The molecule has 0 saturated carbocycles. The van der Waals surface area contributed by atoms with Crippen LogP contribution in [0.4, 0.5) is 0 Å². The van der Waals surface area contributed by atoms with Crippen LogP contribution in [0.5, 0.6) is 5.75 Å². The van der Waals surface area contributed by atoms with Crippen molar-refractivity contribution in [3.63, 3.8) is 0 Å². The first kappa shape index (κ1) is 17.4. The summed E-state index contributed by atoms with van der Waals surface area (Å²) in [6, 6.07) is 5.82. The van der Waals surface area contributed by atoms with Crippen LogP contribution in [0.25, 0.3) is 11.1 Å². The maximum atomic E-state index is 13.1. The minimum atomic E-state index is -0.0562. The molecule has 2 unspecified atom stereocenters. The van der Waals surface area contributed by atoms with E-state index in [9.17, 15) is 4.79 Å². The Kier molecular flexibility index (Phi) is 4.17. The summed E-state index contributed by atoms with van der Waals surface area (Å²) in [5, 5.41) is 7.32. The van der Waals surface area contributed by atoms with Crippen LogP contribution in [0.1, 0.15) is 15.4 Å². The molecule has 1 amide bonds. The fraction of sp³-hybridized carbons (Fsp3) is 0.350. The van der Waals surface area contributed by atoms with Gasteiger partial charge in [0.25, 0.3) is 5.91 Å². The molecule has 2 atom stereocenters. The lowest BCUT2D eigenvalue weighted by Crippen LogP contribution is -2.44. The molecule has 1 fully saturated rings. The predicted octanol–water partition coefficient (Wildman–Crippen LogP) is 2.26. The monoisotopic (exact) mass is 395 g/mol. The highest BCUT2D eigenvalue weighted by Gasteiger charge is 2.42. The van der Waals surface area contributed by atoms with Crippen LogP contribution in [0.2, 0.25) is 0 Å². The maximum absolute atomic E-state index is 13.1. The van der Waals surface area contributed by atoms with E-state index in [-0.39, 0.29) is 18.1 Å². The van der Waals surface area contributed by atoms with Gasteiger partial charge in [-0.1, -0.05) is 6.07 Å². The zero-order chi connectivity index (χ0) is 19.3. The lowest BCUT2D eigenvalue weighted by Gasteiger charge is -2.25. The molecule has 0 radical (unpaired) electrons. The Morgan fingerprint density at radius 2 is 2.14 bits per heavy atom. The van der Waals surface area contributed by atoms with Gasteiger partial charge in [0.1, 0.15) is 16.9 Å². The number of hydrogen-bond acceptors (Lipinski definition) is 6. The quantitative estimate of drug-likeness (QED) is 0.681. The van der Waals surface area contributed by atoms with Crippen molar-refractivity contribution in [2.75, 3.05) is 20.1 Å². The van der Waals surface area contributed by atoms with Crippen LogP contribution >= 0.6 is 11.3 Å². The molecule has 2 aliphatic heterocycles. The number of carbonyl (C=O) groups is 1. The number of nitrogens with zero attached hydrogens (tertiary/aromatic N) is 5. The summed E-state index contributed by atoms with van der Waals surface area (Å²) in [5.41, 5.74) is 2.63. The summed E-state index contributed by atoms with van der Waals surface area (Å²) >= 11 is 1.66. The van der Waals surface area contributed by atoms with Gasteiger partial charge in [-0.25, -0.2) is 4.98 Å². The van der Waals surface area contributed by atoms with Gasteiger partial charge in [0, 0.05) is 50.5 Å². The maximum Gasteiger partial charge on any atom is 0.257 e. The number of rotatable bonds is 3. The summed E-state index contributed by atoms with van der Waals surface area (Å²) in [7, 11) is 3.77. The van der Waals surface area contributed by atoms with Crippen molar-refractivity contribution in [2.45, 2.75) is 18.7 Å². The molecule has 0 bridgehead atoms. The second kappa shape index (κ2) is 6.72. The van der Waals surface area contributed by atoms with Crippen molar-refractivity contribution in [3.05, 3.63) is 52.7 Å². The van der Waals surface area contributed by atoms with Crippen LogP contribution in [-0.4, -0.2) is 62.8 Å². The standard InChI is InChI=1S/C20H21N5O2S/c1-23-9-14(8-22-23)13-3-4-15-17(7-13)27-18-11-25(12-19-21-5-6-28-19)10-16(18)24(2)20(15)26/h3-9,16,18H,10-12H2,1-2H3. The van der Waals surface area contributed by atoms with Gasteiger partial charge >= 0.3 is 0 Å². The van der Waals surface area contributed by atoms with Crippen LogP contribution < -0.4 is 4.74 Å². The lowest BCUT2D eigenvalue weighted by molar-refractivity contribution is 0.0682. The summed E-state index contributed by atoms with van der Waals surface area (Å²) < 4.78 is 8.16. The number of thiazole rings is 1. The van der Waals surface area contributed by atoms with Gasteiger partial charge in [-0.15, -0.1) is 11.3 Å². The van der Waals surface area contributed by atoms with Crippen molar-refractivity contribution >= 4 is 17.2 Å². The van der Waals surface area contributed by atoms with Gasteiger partial charge in [-0.2, -0.15) is 5.10 Å². The molecule has 3 aromatic rings. The number of fused-ring (bicyclic) bond motifs is 2. The normalized spacial score (nSPS) is 21.9. The van der Waals surface area contributed by atoms with Gasteiger partial charge in [0.2, 0.25) is 0 Å². The van der Waals surface area contributed by atoms with E-state index in [1.54, 1.807) is 16.0 Å². The lowest BCUT2D eigenvalue weighted by atomic mass is 10.1. The Labute approximate surface area is 167 Å². The van der Waals surface area contributed by atoms with Gasteiger partial charge in [0.15, 0.2) is 0 Å². The average Bonchev–Trinajstić information content (AvgIpc) is 3.42. The molecule has 2 aliphatic rings. The van der Waals surface area contributed by atoms with Gasteiger partial charge in [-0.3, -0.25) is 14.4 Å². The number of carbonyl (C=O) groups excluding carboxylic acids is 1. The van der Waals surface area contributed by atoms with E-state index in [1.165, 1.54) is 0 Å². The zero-order valence-corrected chi connectivity index (χ0v) is 16.6. The van der Waals surface area contributed by atoms with Gasteiger partial charge in [0.05, 0.1) is 24.3 Å². The second-order valence-electron chi connectivity index (χ2n) is 7.37. The fourth-order valence-corrected chi connectivity index (χ4v) is 4.68. The predicted molar refractivity (Wildman–Crippen MR) is 106 cm³/mol. The van der Waals surface area contributed by atoms with Crippen molar-refractivity contribution in [1.82, 2.24) is 24.6 Å². The average molecular weight is 395 g/mol. The number of ether oxygens (including phenoxy) is 1. The Balaban J connectivity index is 1.44. The van der Waals surface area contributed by atoms with Crippen LogP contribution in [0, 0.1) is 0 Å². The molecule has 8 heteroatoms. The molecule has 2 aromatic heterocycles. The molecular weight excluding hydrogens is 374 g/mol.